The van der Waals surface area contributed by atoms with Gasteiger partial charge in [0.2, 0.25) is 5.89 Å². The van der Waals surface area contributed by atoms with E-state index in [1.165, 1.54) is 6.07 Å². The average molecular weight is 461 g/mol. The molecule has 2 rings (SSSR count). The minimum absolute atomic E-state index is 0. The van der Waals surface area contributed by atoms with Gasteiger partial charge >= 0.3 is 0 Å². The molecule has 1 heterocycles. The van der Waals surface area contributed by atoms with Crippen LogP contribution in [0.25, 0.3) is 0 Å². The van der Waals surface area contributed by atoms with Gasteiger partial charge in [0.25, 0.3) is 0 Å². The van der Waals surface area contributed by atoms with Crippen molar-refractivity contribution in [2.24, 2.45) is 4.99 Å². The zero-order valence-electron chi connectivity index (χ0n) is 15.2. The molecule has 25 heavy (non-hydrogen) atoms. The summed E-state index contributed by atoms with van der Waals surface area (Å²) in [6, 6.07) is 5.18. The Bertz CT molecular complexity index is 710. The molecule has 0 aliphatic heterocycles. The summed E-state index contributed by atoms with van der Waals surface area (Å²) in [6.45, 7) is 4.68. The van der Waals surface area contributed by atoms with Gasteiger partial charge in [0, 0.05) is 27.7 Å². The number of rotatable bonds is 5. The van der Waals surface area contributed by atoms with Gasteiger partial charge in [-0.05, 0) is 31.5 Å². The molecule has 0 saturated heterocycles. The second-order valence-corrected chi connectivity index (χ2v) is 5.71. The van der Waals surface area contributed by atoms with E-state index in [9.17, 15) is 4.39 Å². The highest BCUT2D eigenvalue weighted by Gasteiger charge is 2.08. The van der Waals surface area contributed by atoms with Crippen molar-refractivity contribution >= 4 is 35.6 Å². The summed E-state index contributed by atoms with van der Waals surface area (Å²) in [5, 5.41) is 6.26. The lowest BCUT2D eigenvalue weighted by atomic mass is 10.2. The molecule has 0 atom stereocenters. The molecular formula is C17H25FIN5O. The van der Waals surface area contributed by atoms with Gasteiger partial charge in [-0.1, -0.05) is 6.07 Å². The summed E-state index contributed by atoms with van der Waals surface area (Å²) in [5.41, 5.74) is 2.28. The summed E-state index contributed by atoms with van der Waals surface area (Å²) in [6.07, 6.45) is 0. The molecule has 6 nitrogen and oxygen atoms in total. The maximum atomic E-state index is 14.0. The monoisotopic (exact) mass is 461 g/mol. The highest BCUT2D eigenvalue weighted by atomic mass is 127. The minimum Gasteiger partial charge on any atom is -0.444 e. The number of oxazole rings is 1. The molecule has 2 aromatic rings. The molecular weight excluding hydrogens is 436 g/mol. The fourth-order valence-electron chi connectivity index (χ4n) is 2.20. The largest absolute Gasteiger partial charge is 0.444 e. The number of anilines is 1. The summed E-state index contributed by atoms with van der Waals surface area (Å²) in [5.74, 6) is 1.77. The molecule has 0 aliphatic carbocycles. The normalized spacial score (nSPS) is 11.0. The van der Waals surface area contributed by atoms with Gasteiger partial charge in [0.15, 0.2) is 5.96 Å². The van der Waals surface area contributed by atoms with Crippen molar-refractivity contribution in [2.75, 3.05) is 26.0 Å². The first-order chi connectivity index (χ1) is 11.4. The van der Waals surface area contributed by atoms with E-state index in [0.29, 0.717) is 30.6 Å². The zero-order valence-corrected chi connectivity index (χ0v) is 17.5. The van der Waals surface area contributed by atoms with Gasteiger partial charge in [-0.15, -0.1) is 24.0 Å². The molecule has 8 heteroatoms. The third kappa shape index (κ3) is 5.87. The number of aromatic nitrogens is 1. The Hall–Kier alpha value is -1.84. The van der Waals surface area contributed by atoms with Gasteiger partial charge in [-0.3, -0.25) is 4.99 Å². The standard InChI is InChI=1S/C17H24FN5O.HI/c1-11-12(2)24-16(22-11)10-21-17(19-3)20-9-13-6-7-15(23(4)5)14(18)8-13;/h6-8H,9-10H2,1-5H3,(H2,19,20,21);1H. The second-order valence-electron chi connectivity index (χ2n) is 5.71. The Morgan fingerprint density at radius 2 is 1.92 bits per heavy atom. The summed E-state index contributed by atoms with van der Waals surface area (Å²) >= 11 is 0. The predicted octanol–water partition coefficient (Wildman–Crippen LogP) is 2.98. The molecule has 0 aliphatic rings. The van der Waals surface area contributed by atoms with E-state index in [-0.39, 0.29) is 29.8 Å². The number of nitrogens with one attached hydrogen (secondary N) is 2. The molecule has 2 N–H and O–H groups in total. The van der Waals surface area contributed by atoms with E-state index in [0.717, 1.165) is 17.0 Å². The first-order valence-electron chi connectivity index (χ1n) is 7.74. The van der Waals surface area contributed by atoms with Crippen LogP contribution in [0.5, 0.6) is 0 Å². The van der Waals surface area contributed by atoms with Crippen LogP contribution in [0.3, 0.4) is 0 Å². The van der Waals surface area contributed by atoms with Gasteiger partial charge < -0.3 is 20.0 Å². The molecule has 1 aromatic heterocycles. The maximum absolute atomic E-state index is 14.0. The van der Waals surface area contributed by atoms with Crippen LogP contribution in [0.2, 0.25) is 0 Å². The SMILES string of the molecule is CN=C(NCc1ccc(N(C)C)c(F)c1)NCc1nc(C)c(C)o1.I. The topological polar surface area (TPSA) is 65.7 Å². The van der Waals surface area contributed by atoms with Gasteiger partial charge in [-0.25, -0.2) is 9.37 Å². The van der Waals surface area contributed by atoms with Crippen LogP contribution >= 0.6 is 24.0 Å². The number of aryl methyl sites for hydroxylation is 2. The molecule has 0 bridgehead atoms. The molecule has 138 valence electrons. The fourth-order valence-corrected chi connectivity index (χ4v) is 2.20. The number of nitrogens with zero attached hydrogens (tertiary/aromatic N) is 3. The lowest BCUT2D eigenvalue weighted by Gasteiger charge is -2.15. The zero-order chi connectivity index (χ0) is 17.7. The first-order valence-corrected chi connectivity index (χ1v) is 7.74. The Kier molecular flexibility index (Phi) is 8.14. The van der Waals surface area contributed by atoms with Gasteiger partial charge in [0.1, 0.15) is 11.6 Å². The van der Waals surface area contributed by atoms with Crippen molar-refractivity contribution in [2.45, 2.75) is 26.9 Å². The quantitative estimate of drug-likeness (QED) is 0.407. The molecule has 0 unspecified atom stereocenters. The molecule has 0 fully saturated rings. The van der Waals surface area contributed by atoms with E-state index in [1.54, 1.807) is 18.0 Å². The first kappa shape index (κ1) is 21.2. The van der Waals surface area contributed by atoms with Crippen LogP contribution in [-0.4, -0.2) is 32.1 Å². The highest BCUT2D eigenvalue weighted by molar-refractivity contribution is 14.0. The molecule has 0 radical (unpaired) electrons. The lowest BCUT2D eigenvalue weighted by molar-refractivity contribution is 0.463. The van der Waals surface area contributed by atoms with Crippen molar-refractivity contribution in [1.82, 2.24) is 15.6 Å². The molecule has 1 aromatic carbocycles. The summed E-state index contributed by atoms with van der Waals surface area (Å²) in [7, 11) is 5.31. The van der Waals surface area contributed by atoms with Crippen molar-refractivity contribution in [3.05, 3.63) is 46.9 Å². The Morgan fingerprint density at radius 3 is 2.44 bits per heavy atom. The Morgan fingerprint density at radius 1 is 1.24 bits per heavy atom. The predicted molar refractivity (Wildman–Crippen MR) is 109 cm³/mol. The molecule has 0 amide bonds. The van der Waals surface area contributed by atoms with Crippen LogP contribution in [0, 0.1) is 19.7 Å². The minimum atomic E-state index is -0.243. The summed E-state index contributed by atoms with van der Waals surface area (Å²) in [4.78, 5) is 10.2. The third-order valence-corrected chi connectivity index (χ3v) is 3.66. The summed E-state index contributed by atoms with van der Waals surface area (Å²) < 4.78 is 19.5. The van der Waals surface area contributed by atoms with Crippen molar-refractivity contribution in [3.63, 3.8) is 0 Å². The van der Waals surface area contributed by atoms with Crippen LogP contribution in [0.4, 0.5) is 10.1 Å². The van der Waals surface area contributed by atoms with Crippen molar-refractivity contribution in [3.8, 4) is 0 Å². The highest BCUT2D eigenvalue weighted by Crippen LogP contribution is 2.18. The number of hydrogen-bond donors (Lipinski definition) is 2. The van der Waals surface area contributed by atoms with Crippen molar-refractivity contribution < 1.29 is 8.81 Å². The van der Waals surface area contributed by atoms with Crippen LogP contribution in [0.1, 0.15) is 22.9 Å². The fraction of sp³-hybridized carbons (Fsp3) is 0.412. The number of aliphatic imine (C=N–C) groups is 1. The van der Waals surface area contributed by atoms with E-state index < -0.39 is 0 Å². The van der Waals surface area contributed by atoms with Crippen LogP contribution in [-0.2, 0) is 13.1 Å². The number of benzene rings is 1. The van der Waals surface area contributed by atoms with E-state index >= 15 is 0 Å². The van der Waals surface area contributed by atoms with E-state index in [2.05, 4.69) is 20.6 Å². The van der Waals surface area contributed by atoms with Crippen LogP contribution in [0.15, 0.2) is 27.6 Å². The maximum Gasteiger partial charge on any atom is 0.214 e. The lowest BCUT2D eigenvalue weighted by Crippen LogP contribution is -2.36. The third-order valence-electron chi connectivity index (χ3n) is 3.66. The van der Waals surface area contributed by atoms with E-state index in [1.807, 2.05) is 34.0 Å². The smallest absolute Gasteiger partial charge is 0.214 e. The molecule has 0 saturated carbocycles. The van der Waals surface area contributed by atoms with Gasteiger partial charge in [-0.2, -0.15) is 0 Å². The average Bonchev–Trinajstić information content (AvgIpc) is 2.85. The second kappa shape index (κ2) is 9.59. The van der Waals surface area contributed by atoms with E-state index in [4.69, 9.17) is 4.42 Å². The van der Waals surface area contributed by atoms with Gasteiger partial charge in [0.05, 0.1) is 17.9 Å². The van der Waals surface area contributed by atoms with Crippen LogP contribution < -0.4 is 15.5 Å². The Labute approximate surface area is 164 Å². The Balaban J connectivity index is 0.00000312. The molecule has 0 spiro atoms. The number of guanidine groups is 1. The number of halogens is 2. The number of hydrogen-bond acceptors (Lipinski definition) is 4. The van der Waals surface area contributed by atoms with Crippen molar-refractivity contribution in [1.29, 1.82) is 0 Å².